The maximum atomic E-state index is 12.6. The number of allylic oxidation sites excluding steroid dienone is 20. The lowest BCUT2D eigenvalue weighted by molar-refractivity contribution is -0.161. The molecule has 0 aromatic carbocycles. The molecule has 0 bridgehead atoms. The second-order valence-corrected chi connectivity index (χ2v) is 18.1. The molecule has 2 unspecified atom stereocenters. The molecule has 2 atom stereocenters. The quantitative estimate of drug-likeness (QED) is 0.0265. The van der Waals surface area contributed by atoms with Gasteiger partial charge in [-0.15, -0.1) is 0 Å². The van der Waals surface area contributed by atoms with Crippen molar-refractivity contribution in [2.75, 3.05) is 26.4 Å². The molecule has 67 heavy (non-hydrogen) atoms. The summed E-state index contributed by atoms with van der Waals surface area (Å²) in [7, 11) is -4.41. The molecule has 0 aliphatic rings. The van der Waals surface area contributed by atoms with Crippen LogP contribution in [0.4, 0.5) is 0 Å². The molecule has 10 heteroatoms. The van der Waals surface area contributed by atoms with Gasteiger partial charge in [-0.05, 0) is 103 Å². The summed E-state index contributed by atoms with van der Waals surface area (Å²) in [5.74, 6) is -0.912. The van der Waals surface area contributed by atoms with Gasteiger partial charge in [-0.1, -0.05) is 200 Å². The van der Waals surface area contributed by atoms with Gasteiger partial charge in [-0.3, -0.25) is 18.6 Å². The fourth-order valence-electron chi connectivity index (χ4n) is 6.51. The van der Waals surface area contributed by atoms with E-state index in [1.807, 2.05) is 6.08 Å². The Bertz CT molecular complexity index is 1500. The minimum atomic E-state index is -4.41. The molecule has 0 amide bonds. The van der Waals surface area contributed by atoms with E-state index in [1.54, 1.807) is 0 Å². The standard InChI is InChI=1S/C57H94NO8P/c1-3-5-7-9-11-13-15-17-19-21-22-23-24-25-26-27-28-29-30-31-32-34-36-38-40-42-44-46-48-50-57(60)66-55(54-65-67(61,62)64-52-51-58)53-63-56(59)49-47-45-43-41-39-37-35-33-20-18-16-14-12-10-8-6-4-2/h5,7,11,13,17-20,22-23,25-26,28-29,31-32,36,38,42,44,55H,3-4,6,8-10,12,14-16,21,24,27,30,33-35,37,39-41,43,45-54,58H2,1-2H3,(H,61,62)/b7-5-,13-11-,19-17-,20-18-,23-22-,26-25-,29-28-,32-31-,38-36-,44-42-. The lowest BCUT2D eigenvalue weighted by atomic mass is 10.1. The number of phosphoric ester groups is 1. The Morgan fingerprint density at radius 1 is 0.463 bits per heavy atom. The topological polar surface area (TPSA) is 134 Å². The first kappa shape index (κ1) is 63.4. The van der Waals surface area contributed by atoms with Crippen LogP contribution in [0.25, 0.3) is 0 Å². The molecule has 0 saturated heterocycles. The predicted molar refractivity (Wildman–Crippen MR) is 284 cm³/mol. The lowest BCUT2D eigenvalue weighted by Crippen LogP contribution is -2.29. The van der Waals surface area contributed by atoms with E-state index in [0.717, 1.165) is 83.5 Å². The molecular formula is C57H94NO8P. The smallest absolute Gasteiger partial charge is 0.462 e. The van der Waals surface area contributed by atoms with Crippen LogP contribution >= 0.6 is 7.82 Å². The van der Waals surface area contributed by atoms with E-state index >= 15 is 0 Å². The van der Waals surface area contributed by atoms with Gasteiger partial charge in [0.15, 0.2) is 6.10 Å². The third-order valence-electron chi connectivity index (χ3n) is 10.3. The van der Waals surface area contributed by atoms with Crippen LogP contribution in [-0.2, 0) is 32.7 Å². The van der Waals surface area contributed by atoms with E-state index in [9.17, 15) is 19.0 Å². The van der Waals surface area contributed by atoms with Crippen LogP contribution < -0.4 is 5.73 Å². The molecular weight excluding hydrogens is 858 g/mol. The van der Waals surface area contributed by atoms with E-state index in [0.29, 0.717) is 19.3 Å². The summed E-state index contributed by atoms with van der Waals surface area (Å²) in [5, 5.41) is 0. The number of phosphoric acid groups is 1. The van der Waals surface area contributed by atoms with Gasteiger partial charge in [0.1, 0.15) is 6.61 Å². The molecule has 0 aromatic heterocycles. The van der Waals surface area contributed by atoms with Crippen molar-refractivity contribution in [3.05, 3.63) is 122 Å². The first-order valence-electron chi connectivity index (χ1n) is 26.0. The second-order valence-electron chi connectivity index (χ2n) is 16.7. The number of ether oxygens (including phenoxy) is 2. The fraction of sp³-hybridized carbons (Fsp3) is 0.614. The third kappa shape index (κ3) is 51.6. The van der Waals surface area contributed by atoms with E-state index < -0.39 is 32.5 Å². The zero-order valence-electron chi connectivity index (χ0n) is 42.1. The Balaban J connectivity index is 4.21. The SMILES string of the molecule is CC/C=C\C/C=C\C/C=C\C/C=C\C/C=C\C/C=C\C/C=C\C/C=C\C/C=C\CCCC(=O)OC(COC(=O)CCCCCCCCC/C=C\CCCCCCCC)COP(=O)(O)OCCN. The highest BCUT2D eigenvalue weighted by Gasteiger charge is 2.26. The molecule has 3 N–H and O–H groups in total. The number of rotatable bonds is 47. The van der Waals surface area contributed by atoms with E-state index in [2.05, 4.69) is 129 Å². The average Bonchev–Trinajstić information content (AvgIpc) is 3.32. The van der Waals surface area contributed by atoms with Crippen molar-refractivity contribution < 1.29 is 37.6 Å². The van der Waals surface area contributed by atoms with Gasteiger partial charge in [0.25, 0.3) is 0 Å². The van der Waals surface area contributed by atoms with Crippen molar-refractivity contribution in [3.8, 4) is 0 Å². The maximum Gasteiger partial charge on any atom is 0.472 e. The summed E-state index contributed by atoms with van der Waals surface area (Å²) < 4.78 is 32.8. The van der Waals surface area contributed by atoms with Gasteiger partial charge >= 0.3 is 19.8 Å². The van der Waals surface area contributed by atoms with Gasteiger partial charge in [0, 0.05) is 19.4 Å². The van der Waals surface area contributed by atoms with Gasteiger partial charge in [0.05, 0.1) is 13.2 Å². The number of nitrogens with two attached hydrogens (primary N) is 1. The van der Waals surface area contributed by atoms with Crippen LogP contribution in [0.2, 0.25) is 0 Å². The van der Waals surface area contributed by atoms with Crippen molar-refractivity contribution >= 4 is 19.8 Å². The van der Waals surface area contributed by atoms with E-state index in [1.165, 1.54) is 64.2 Å². The zero-order valence-corrected chi connectivity index (χ0v) is 43.0. The molecule has 380 valence electrons. The monoisotopic (exact) mass is 952 g/mol. The first-order chi connectivity index (χ1) is 32.8. The Kier molecular flexibility index (Phi) is 49.0. The molecule has 0 aliphatic heterocycles. The van der Waals surface area contributed by atoms with Crippen molar-refractivity contribution in [1.82, 2.24) is 0 Å². The zero-order chi connectivity index (χ0) is 48.8. The highest BCUT2D eigenvalue weighted by molar-refractivity contribution is 7.47. The highest BCUT2D eigenvalue weighted by Crippen LogP contribution is 2.43. The van der Waals surface area contributed by atoms with E-state index in [-0.39, 0.29) is 32.6 Å². The Morgan fingerprint density at radius 2 is 0.836 bits per heavy atom. The third-order valence-corrected chi connectivity index (χ3v) is 11.3. The summed E-state index contributed by atoms with van der Waals surface area (Å²) >= 11 is 0. The molecule has 0 heterocycles. The molecule has 0 aromatic rings. The minimum absolute atomic E-state index is 0.0370. The Hall–Kier alpha value is -3.59. The van der Waals surface area contributed by atoms with Crippen LogP contribution in [-0.4, -0.2) is 49.3 Å². The minimum Gasteiger partial charge on any atom is -0.462 e. The summed E-state index contributed by atoms with van der Waals surface area (Å²) in [4.78, 5) is 35.0. The molecule has 0 aliphatic carbocycles. The van der Waals surface area contributed by atoms with Crippen molar-refractivity contribution in [2.45, 2.75) is 200 Å². The van der Waals surface area contributed by atoms with Crippen molar-refractivity contribution in [1.29, 1.82) is 0 Å². The molecule has 0 fully saturated rings. The molecule has 0 radical (unpaired) electrons. The summed E-state index contributed by atoms with van der Waals surface area (Å²) in [6, 6.07) is 0. The summed E-state index contributed by atoms with van der Waals surface area (Å²) in [5.41, 5.74) is 5.36. The van der Waals surface area contributed by atoms with Crippen LogP contribution in [0.1, 0.15) is 194 Å². The number of hydrogen-bond donors (Lipinski definition) is 2. The maximum absolute atomic E-state index is 12.6. The van der Waals surface area contributed by atoms with E-state index in [4.69, 9.17) is 24.3 Å². The number of unbranched alkanes of at least 4 members (excludes halogenated alkanes) is 14. The Morgan fingerprint density at radius 3 is 1.28 bits per heavy atom. The average molecular weight is 952 g/mol. The number of carbonyl (C=O) groups is 2. The molecule has 0 spiro atoms. The molecule has 0 rings (SSSR count). The van der Waals surface area contributed by atoms with Crippen LogP contribution in [0.15, 0.2) is 122 Å². The van der Waals surface area contributed by atoms with Crippen LogP contribution in [0, 0.1) is 0 Å². The van der Waals surface area contributed by atoms with Gasteiger partial charge in [-0.2, -0.15) is 0 Å². The summed E-state index contributed by atoms with van der Waals surface area (Å²) in [6.45, 7) is 3.53. The van der Waals surface area contributed by atoms with Crippen LogP contribution in [0.5, 0.6) is 0 Å². The number of hydrogen-bond acceptors (Lipinski definition) is 8. The Labute approximate surface area is 409 Å². The number of esters is 2. The van der Waals surface area contributed by atoms with Gasteiger partial charge in [-0.25, -0.2) is 4.57 Å². The van der Waals surface area contributed by atoms with Gasteiger partial charge in [0.2, 0.25) is 0 Å². The van der Waals surface area contributed by atoms with Crippen molar-refractivity contribution in [2.24, 2.45) is 5.73 Å². The number of carbonyl (C=O) groups excluding carboxylic acids is 2. The molecule has 0 saturated carbocycles. The summed E-state index contributed by atoms with van der Waals surface area (Å²) in [6.07, 6.45) is 71.0. The lowest BCUT2D eigenvalue weighted by Gasteiger charge is -2.19. The fourth-order valence-corrected chi connectivity index (χ4v) is 7.28. The molecule has 9 nitrogen and oxygen atoms in total. The first-order valence-corrected chi connectivity index (χ1v) is 27.5. The predicted octanol–water partition coefficient (Wildman–Crippen LogP) is 16.1. The highest BCUT2D eigenvalue weighted by atomic mass is 31.2. The van der Waals surface area contributed by atoms with Crippen molar-refractivity contribution in [3.63, 3.8) is 0 Å². The normalized spacial score (nSPS) is 14.1. The van der Waals surface area contributed by atoms with Crippen LogP contribution in [0.3, 0.4) is 0 Å². The second kappa shape index (κ2) is 51.8. The van der Waals surface area contributed by atoms with Gasteiger partial charge < -0.3 is 20.1 Å². The largest absolute Gasteiger partial charge is 0.472 e.